The molecule has 0 saturated heterocycles. The van der Waals surface area contributed by atoms with E-state index in [1.165, 1.54) is 51.0 Å². The fourth-order valence-corrected chi connectivity index (χ4v) is 5.21. The summed E-state index contributed by atoms with van der Waals surface area (Å²) in [6, 6.07) is 6.55. The van der Waals surface area contributed by atoms with Gasteiger partial charge < -0.3 is 0 Å². The van der Waals surface area contributed by atoms with Crippen LogP contribution in [0, 0.1) is 0 Å². The van der Waals surface area contributed by atoms with E-state index in [1.807, 2.05) is 0 Å². The predicted octanol–water partition coefficient (Wildman–Crippen LogP) is 4.64. The molecular weight excluding hydrogens is 376 g/mol. The van der Waals surface area contributed by atoms with E-state index in [0.717, 1.165) is 19.3 Å². The molecule has 0 aromatic heterocycles. The Hall–Kier alpha value is -0.396. The van der Waals surface area contributed by atoms with E-state index in [2.05, 4.69) is 9.69 Å². The van der Waals surface area contributed by atoms with Crippen molar-refractivity contribution in [2.75, 3.05) is 0 Å². The Morgan fingerprint density at radius 2 is 1.44 bits per heavy atom. The van der Waals surface area contributed by atoms with Crippen molar-refractivity contribution in [1.29, 1.82) is 0 Å². The molecule has 25 heavy (non-hydrogen) atoms. The van der Waals surface area contributed by atoms with Crippen molar-refractivity contribution in [3.63, 3.8) is 0 Å². The summed E-state index contributed by atoms with van der Waals surface area (Å²) in [6.07, 6.45) is 12.8. The van der Waals surface area contributed by atoms with Gasteiger partial charge in [-0.1, -0.05) is 26.2 Å². The summed E-state index contributed by atoms with van der Waals surface area (Å²) >= 11 is -4.14. The van der Waals surface area contributed by atoms with Crippen LogP contribution in [-0.4, -0.2) is 12.1 Å². The van der Waals surface area contributed by atoms with Crippen LogP contribution in [0.4, 0.5) is 0 Å². The molecule has 7 heteroatoms. The summed E-state index contributed by atoms with van der Waals surface area (Å²) < 4.78 is 47.9. The summed E-state index contributed by atoms with van der Waals surface area (Å²) in [5.41, 5.74) is 0.654. The van der Waals surface area contributed by atoms with Gasteiger partial charge >= 0.3 is 133 Å². The minimum atomic E-state index is -4.14. The van der Waals surface area contributed by atoms with Gasteiger partial charge in [-0.25, -0.2) is 0 Å². The van der Waals surface area contributed by atoms with Crippen molar-refractivity contribution in [1.82, 2.24) is 0 Å². The van der Waals surface area contributed by atoms with Gasteiger partial charge in [-0.2, -0.15) is 0 Å². The third kappa shape index (κ3) is 9.76. The average molecular weight is 406 g/mol. The van der Waals surface area contributed by atoms with Crippen molar-refractivity contribution in [2.24, 2.45) is 0 Å². The number of hydrogen-bond donors (Lipinski definition) is 1. The quantitative estimate of drug-likeness (QED) is 0.360. The van der Waals surface area contributed by atoms with E-state index < -0.39 is 28.7 Å². The van der Waals surface area contributed by atoms with Crippen molar-refractivity contribution in [2.45, 2.75) is 82.4 Å². The Bertz CT molecular complexity index is 616. The van der Waals surface area contributed by atoms with Crippen molar-refractivity contribution >= 4 is 10.1 Å². The Morgan fingerprint density at radius 3 is 2.00 bits per heavy atom. The Morgan fingerprint density at radius 1 is 0.920 bits per heavy atom. The van der Waals surface area contributed by atoms with Crippen LogP contribution >= 0.6 is 0 Å². The topological polar surface area (TPSA) is 80.7 Å². The van der Waals surface area contributed by atoms with Crippen LogP contribution < -0.4 is 0 Å². The normalized spacial score (nSPS) is 11.6. The standard InChI is InChI=1S/C18H30O3S.H2O.O.Ti/c1-2-3-4-5-6-7-8-9-10-11-14-17-15-12-13-16-18(17)22(19,20)21;;;/h12-13,15-16H,2-11,14H2,1H3,(H,19,20,21);1H2;;/q;;;+2/p-2. The van der Waals surface area contributed by atoms with Crippen LogP contribution in [0.5, 0.6) is 0 Å². The fraction of sp³-hybridized carbons (Fsp3) is 0.667. The van der Waals surface area contributed by atoms with Crippen LogP contribution in [0.3, 0.4) is 0 Å². The molecule has 0 atom stereocenters. The second kappa shape index (κ2) is 12.9. The number of rotatable bonds is 14. The van der Waals surface area contributed by atoms with Gasteiger partial charge in [-0.3, -0.25) is 0 Å². The predicted molar refractivity (Wildman–Crippen MR) is 93.2 cm³/mol. The third-order valence-corrected chi connectivity index (χ3v) is 7.22. The maximum absolute atomic E-state index is 12.0. The molecule has 0 aliphatic heterocycles. The van der Waals surface area contributed by atoms with Gasteiger partial charge in [-0.05, 0) is 0 Å². The summed E-state index contributed by atoms with van der Waals surface area (Å²) in [5.74, 6) is 0. The Kier molecular flexibility index (Phi) is 11.7. The van der Waals surface area contributed by atoms with E-state index in [9.17, 15) is 11.7 Å². The van der Waals surface area contributed by atoms with E-state index in [-0.39, 0.29) is 4.90 Å². The van der Waals surface area contributed by atoms with Gasteiger partial charge in [0.1, 0.15) is 0 Å². The van der Waals surface area contributed by atoms with E-state index in [0.29, 0.717) is 12.0 Å². The Labute approximate surface area is 159 Å². The van der Waals surface area contributed by atoms with Gasteiger partial charge in [0.05, 0.1) is 0 Å². The monoisotopic (exact) mass is 406 g/mol. The molecule has 0 fully saturated rings. The second-order valence-corrected chi connectivity index (χ2v) is 9.47. The molecule has 1 N–H and O–H groups in total. The number of aryl methyl sites for hydroxylation is 1. The molecule has 0 heterocycles. The van der Waals surface area contributed by atoms with Crippen LogP contribution in [-0.2, 0) is 41.2 Å². The maximum atomic E-state index is 12.0. The first-order valence-electron chi connectivity index (χ1n) is 9.22. The van der Waals surface area contributed by atoms with Crippen LogP contribution in [0.2, 0.25) is 0 Å². The zero-order valence-corrected chi connectivity index (χ0v) is 17.5. The Balaban J connectivity index is 2.33. The van der Waals surface area contributed by atoms with E-state index >= 15 is 0 Å². The first-order valence-corrected chi connectivity index (χ1v) is 12.6. The molecule has 0 radical (unpaired) electrons. The molecule has 0 saturated carbocycles. The zero-order chi connectivity index (χ0) is 18.5. The van der Waals surface area contributed by atoms with Crippen LogP contribution in [0.1, 0.15) is 76.7 Å². The molecule has 0 amide bonds. The fourth-order valence-electron chi connectivity index (χ4n) is 2.90. The number of benzene rings is 1. The average Bonchev–Trinajstić information content (AvgIpc) is 2.56. The SMILES string of the molecule is CCCCCCCCCCCCc1ccccc1S(=O)(=O)[O][Ti](=[O])[OH]. The summed E-state index contributed by atoms with van der Waals surface area (Å²) in [7, 11) is -4.14. The molecule has 1 aromatic rings. The van der Waals surface area contributed by atoms with Crippen molar-refractivity contribution in [3.05, 3.63) is 29.8 Å². The summed E-state index contributed by atoms with van der Waals surface area (Å²) in [4.78, 5) is 0.0147. The molecule has 0 aliphatic rings. The van der Waals surface area contributed by atoms with Crippen molar-refractivity contribution < 1.29 is 36.8 Å². The first kappa shape index (κ1) is 22.6. The zero-order valence-electron chi connectivity index (χ0n) is 15.1. The first-order chi connectivity index (χ1) is 12.0. The molecule has 142 valence electrons. The van der Waals surface area contributed by atoms with Crippen LogP contribution in [0.15, 0.2) is 29.2 Å². The molecule has 1 rings (SSSR count). The number of unbranched alkanes of at least 4 members (excludes halogenated alkanes) is 9. The molecule has 0 aliphatic carbocycles. The van der Waals surface area contributed by atoms with Crippen molar-refractivity contribution in [3.8, 4) is 0 Å². The molecule has 1 aromatic carbocycles. The molecule has 5 nitrogen and oxygen atoms in total. The molecule has 0 bridgehead atoms. The molecule has 0 spiro atoms. The van der Waals surface area contributed by atoms with E-state index in [1.54, 1.807) is 18.2 Å². The van der Waals surface area contributed by atoms with Gasteiger partial charge in [0, 0.05) is 0 Å². The van der Waals surface area contributed by atoms with Gasteiger partial charge in [0.15, 0.2) is 0 Å². The summed E-state index contributed by atoms with van der Waals surface area (Å²) in [5, 5.41) is 0. The third-order valence-electron chi connectivity index (χ3n) is 4.22. The van der Waals surface area contributed by atoms with E-state index in [4.69, 9.17) is 3.69 Å². The van der Waals surface area contributed by atoms with Crippen LogP contribution in [0.25, 0.3) is 0 Å². The van der Waals surface area contributed by atoms with Gasteiger partial charge in [-0.15, -0.1) is 0 Å². The molecule has 0 unspecified atom stereocenters. The summed E-state index contributed by atoms with van der Waals surface area (Å²) in [6.45, 7) is 2.22. The second-order valence-electron chi connectivity index (χ2n) is 6.34. The minimum absolute atomic E-state index is 0.0147. The molecular formula is C18H30O5STi. The van der Waals surface area contributed by atoms with Gasteiger partial charge in [0.2, 0.25) is 0 Å². The number of hydrogen-bond acceptors (Lipinski definition) is 4. The van der Waals surface area contributed by atoms with Gasteiger partial charge in [0.25, 0.3) is 0 Å².